The molecule has 26 heavy (non-hydrogen) atoms. The van der Waals surface area contributed by atoms with Gasteiger partial charge in [-0.25, -0.2) is 4.39 Å². The first-order chi connectivity index (χ1) is 12.1. The normalized spacial score (nSPS) is 21.0. The Morgan fingerprint density at radius 3 is 2.88 bits per heavy atom. The molecule has 0 aromatic heterocycles. The van der Waals surface area contributed by atoms with Crippen molar-refractivity contribution in [1.29, 1.82) is 0 Å². The number of aliphatic hydroxyl groups is 1. The lowest BCUT2D eigenvalue weighted by Gasteiger charge is -2.28. The van der Waals surface area contributed by atoms with Crippen molar-refractivity contribution in [1.82, 2.24) is 10.6 Å². The highest BCUT2D eigenvalue weighted by Crippen LogP contribution is 2.31. The van der Waals surface area contributed by atoms with Crippen LogP contribution >= 0.6 is 24.0 Å². The van der Waals surface area contributed by atoms with Crippen molar-refractivity contribution in [3.05, 3.63) is 30.1 Å². The molecule has 148 valence electrons. The molecule has 1 aliphatic heterocycles. The fourth-order valence-corrected chi connectivity index (χ4v) is 2.86. The third kappa shape index (κ3) is 7.24. The van der Waals surface area contributed by atoms with E-state index in [0.29, 0.717) is 37.8 Å². The van der Waals surface area contributed by atoms with Gasteiger partial charge in [0.2, 0.25) is 0 Å². The van der Waals surface area contributed by atoms with Gasteiger partial charge in [-0.2, -0.15) is 0 Å². The molecule has 0 saturated carbocycles. The topological polar surface area (TPSA) is 75.1 Å². The summed E-state index contributed by atoms with van der Waals surface area (Å²) in [6.07, 6.45) is 1.48. The van der Waals surface area contributed by atoms with Crippen LogP contribution in [0.5, 0.6) is 5.75 Å². The largest absolute Gasteiger partial charge is 0.489 e. The molecule has 0 aliphatic carbocycles. The number of ether oxygens (including phenoxy) is 2. The van der Waals surface area contributed by atoms with E-state index in [1.54, 1.807) is 19.2 Å². The molecule has 2 unspecified atom stereocenters. The quantitative estimate of drug-likeness (QED) is 0.302. The van der Waals surface area contributed by atoms with E-state index < -0.39 is 0 Å². The van der Waals surface area contributed by atoms with Gasteiger partial charge in [-0.15, -0.1) is 24.0 Å². The SMILES string of the molecule is CN=C(NCC(C)Oc1cccc(F)c1)NCC1(CCO)CCOC1.I. The van der Waals surface area contributed by atoms with Gasteiger partial charge >= 0.3 is 0 Å². The molecule has 1 aromatic rings. The number of hydrogen-bond acceptors (Lipinski definition) is 4. The van der Waals surface area contributed by atoms with Gasteiger partial charge in [-0.05, 0) is 31.9 Å². The average Bonchev–Trinajstić information content (AvgIpc) is 3.04. The summed E-state index contributed by atoms with van der Waals surface area (Å²) in [5.41, 5.74) is -0.0456. The van der Waals surface area contributed by atoms with Crippen LogP contribution in [0.3, 0.4) is 0 Å². The smallest absolute Gasteiger partial charge is 0.191 e. The maximum absolute atomic E-state index is 13.2. The predicted octanol–water partition coefficient (Wildman–Crippen LogP) is 2.17. The Morgan fingerprint density at radius 1 is 1.46 bits per heavy atom. The predicted molar refractivity (Wildman–Crippen MR) is 111 cm³/mol. The van der Waals surface area contributed by atoms with Crippen LogP contribution in [0.25, 0.3) is 0 Å². The minimum atomic E-state index is -0.317. The highest BCUT2D eigenvalue weighted by Gasteiger charge is 2.34. The molecule has 0 bridgehead atoms. The van der Waals surface area contributed by atoms with Crippen LogP contribution in [0.1, 0.15) is 19.8 Å². The number of halogens is 2. The van der Waals surface area contributed by atoms with Crippen LogP contribution in [0.15, 0.2) is 29.3 Å². The third-order valence-electron chi connectivity index (χ3n) is 4.37. The molecule has 1 heterocycles. The summed E-state index contributed by atoms with van der Waals surface area (Å²) < 4.78 is 24.4. The summed E-state index contributed by atoms with van der Waals surface area (Å²) in [6.45, 7) is 4.65. The Kier molecular flexibility index (Phi) is 10.2. The lowest BCUT2D eigenvalue weighted by molar-refractivity contribution is 0.127. The van der Waals surface area contributed by atoms with Gasteiger partial charge in [0.1, 0.15) is 17.7 Å². The van der Waals surface area contributed by atoms with E-state index >= 15 is 0 Å². The second-order valence-corrected chi connectivity index (χ2v) is 6.47. The Morgan fingerprint density at radius 2 is 2.27 bits per heavy atom. The zero-order valence-electron chi connectivity index (χ0n) is 15.3. The van der Waals surface area contributed by atoms with Crippen LogP contribution in [0, 0.1) is 11.2 Å². The molecule has 2 rings (SSSR count). The number of hydrogen-bond donors (Lipinski definition) is 3. The lowest BCUT2D eigenvalue weighted by Crippen LogP contribution is -2.46. The third-order valence-corrected chi connectivity index (χ3v) is 4.37. The number of aliphatic imine (C=N–C) groups is 1. The van der Waals surface area contributed by atoms with Gasteiger partial charge in [0, 0.05) is 38.3 Å². The van der Waals surface area contributed by atoms with E-state index in [9.17, 15) is 9.50 Å². The summed E-state index contributed by atoms with van der Waals surface area (Å²) >= 11 is 0. The molecule has 1 fully saturated rings. The monoisotopic (exact) mass is 481 g/mol. The zero-order chi connectivity index (χ0) is 18.1. The Balaban J connectivity index is 0.00000338. The molecule has 1 aromatic carbocycles. The van der Waals surface area contributed by atoms with Gasteiger partial charge in [-0.3, -0.25) is 4.99 Å². The molecular weight excluding hydrogens is 452 g/mol. The Labute approximate surface area is 171 Å². The molecular formula is C18H29FIN3O3. The summed E-state index contributed by atoms with van der Waals surface area (Å²) in [5.74, 6) is 0.851. The summed E-state index contributed by atoms with van der Waals surface area (Å²) in [5, 5.41) is 15.8. The highest BCUT2D eigenvalue weighted by molar-refractivity contribution is 14.0. The number of nitrogens with one attached hydrogen (secondary N) is 2. The first-order valence-corrected chi connectivity index (χ1v) is 8.62. The number of guanidine groups is 1. The van der Waals surface area contributed by atoms with E-state index in [2.05, 4.69) is 15.6 Å². The van der Waals surface area contributed by atoms with Crippen molar-refractivity contribution in [2.24, 2.45) is 10.4 Å². The number of rotatable bonds is 8. The summed E-state index contributed by atoms with van der Waals surface area (Å²) in [4.78, 5) is 4.21. The van der Waals surface area contributed by atoms with E-state index in [-0.39, 0.29) is 47.9 Å². The fraction of sp³-hybridized carbons (Fsp3) is 0.611. The molecule has 8 heteroatoms. The molecule has 1 aliphatic rings. The Hall–Kier alpha value is -1.13. The van der Waals surface area contributed by atoms with Crippen molar-refractivity contribution in [2.75, 3.05) is 40.0 Å². The molecule has 0 spiro atoms. The van der Waals surface area contributed by atoms with Crippen molar-refractivity contribution in [3.8, 4) is 5.75 Å². The maximum atomic E-state index is 13.2. The van der Waals surface area contributed by atoms with Gasteiger partial charge in [0.15, 0.2) is 5.96 Å². The van der Waals surface area contributed by atoms with E-state index in [4.69, 9.17) is 9.47 Å². The molecule has 1 saturated heterocycles. The Bertz CT molecular complexity index is 568. The number of nitrogens with zero attached hydrogens (tertiary/aromatic N) is 1. The summed E-state index contributed by atoms with van der Waals surface area (Å²) in [7, 11) is 1.71. The van der Waals surface area contributed by atoms with Crippen LogP contribution < -0.4 is 15.4 Å². The van der Waals surface area contributed by atoms with Gasteiger partial charge < -0.3 is 25.2 Å². The van der Waals surface area contributed by atoms with Crippen molar-refractivity contribution < 1.29 is 19.0 Å². The van der Waals surface area contributed by atoms with Crippen LogP contribution in [-0.4, -0.2) is 57.1 Å². The average molecular weight is 481 g/mol. The van der Waals surface area contributed by atoms with Crippen molar-refractivity contribution in [3.63, 3.8) is 0 Å². The second kappa shape index (κ2) is 11.6. The second-order valence-electron chi connectivity index (χ2n) is 6.47. The maximum Gasteiger partial charge on any atom is 0.191 e. The minimum Gasteiger partial charge on any atom is -0.489 e. The first kappa shape index (κ1) is 22.9. The van der Waals surface area contributed by atoms with Crippen LogP contribution in [-0.2, 0) is 4.74 Å². The highest BCUT2D eigenvalue weighted by atomic mass is 127. The number of aliphatic hydroxyl groups excluding tert-OH is 1. The minimum absolute atomic E-state index is 0. The number of benzene rings is 1. The van der Waals surface area contributed by atoms with Gasteiger partial charge in [-0.1, -0.05) is 6.07 Å². The first-order valence-electron chi connectivity index (χ1n) is 8.62. The summed E-state index contributed by atoms with van der Waals surface area (Å²) in [6, 6.07) is 6.10. The standard InChI is InChI=1S/C18H28FN3O3.HI/c1-14(25-16-5-3-4-15(19)10-16)11-21-17(20-2)22-12-18(6-8-23)7-9-24-13-18;/h3-5,10,14,23H,6-9,11-13H2,1-2H3,(H2,20,21,22);1H. The molecule has 0 radical (unpaired) electrons. The molecule has 3 N–H and O–H groups in total. The van der Waals surface area contributed by atoms with Gasteiger partial charge in [0.05, 0.1) is 13.2 Å². The van der Waals surface area contributed by atoms with Crippen LogP contribution in [0.4, 0.5) is 4.39 Å². The van der Waals surface area contributed by atoms with Crippen molar-refractivity contribution >= 4 is 29.9 Å². The van der Waals surface area contributed by atoms with E-state index in [0.717, 1.165) is 13.0 Å². The lowest BCUT2D eigenvalue weighted by atomic mass is 9.84. The molecule has 6 nitrogen and oxygen atoms in total. The fourth-order valence-electron chi connectivity index (χ4n) is 2.86. The molecule has 2 atom stereocenters. The zero-order valence-corrected chi connectivity index (χ0v) is 17.7. The van der Waals surface area contributed by atoms with E-state index in [1.807, 2.05) is 6.92 Å². The van der Waals surface area contributed by atoms with Gasteiger partial charge in [0.25, 0.3) is 0 Å². The van der Waals surface area contributed by atoms with Crippen LogP contribution in [0.2, 0.25) is 0 Å². The molecule has 0 amide bonds. The van der Waals surface area contributed by atoms with E-state index in [1.165, 1.54) is 12.1 Å². The van der Waals surface area contributed by atoms with Crippen molar-refractivity contribution in [2.45, 2.75) is 25.9 Å².